The van der Waals surface area contributed by atoms with E-state index in [1.54, 1.807) is 35.9 Å². The van der Waals surface area contributed by atoms with Crippen LogP contribution in [0.1, 0.15) is 31.7 Å². The van der Waals surface area contributed by atoms with Gasteiger partial charge < -0.3 is 18.8 Å². The van der Waals surface area contributed by atoms with Gasteiger partial charge in [0.25, 0.3) is 0 Å². The second kappa shape index (κ2) is 12.5. The molecule has 1 atom stereocenters. The van der Waals surface area contributed by atoms with Crippen LogP contribution >= 0.6 is 0 Å². The van der Waals surface area contributed by atoms with Crippen molar-refractivity contribution in [1.82, 2.24) is 4.57 Å². The van der Waals surface area contributed by atoms with E-state index in [0.717, 1.165) is 30.9 Å². The van der Waals surface area contributed by atoms with E-state index in [2.05, 4.69) is 16.1 Å². The molecule has 1 aromatic heterocycles. The van der Waals surface area contributed by atoms with Gasteiger partial charge in [-0.3, -0.25) is 0 Å². The maximum atomic E-state index is 13.4. The predicted molar refractivity (Wildman–Crippen MR) is 134 cm³/mol. The molecule has 0 aliphatic heterocycles. The zero-order chi connectivity index (χ0) is 28.8. The lowest BCUT2D eigenvalue weighted by molar-refractivity contribution is -0.274. The van der Waals surface area contributed by atoms with Gasteiger partial charge in [-0.05, 0) is 48.7 Å². The highest BCUT2D eigenvalue weighted by Crippen LogP contribution is 2.38. The van der Waals surface area contributed by atoms with Crippen LogP contribution in [0.4, 0.5) is 26.3 Å². The third-order valence-electron chi connectivity index (χ3n) is 6.14. The quantitative estimate of drug-likeness (QED) is 0.0989. The average Bonchev–Trinajstić information content (AvgIpc) is 3.18. The number of hydrogen-bond donors (Lipinski definition) is 0. The summed E-state index contributed by atoms with van der Waals surface area (Å²) < 4.78 is 95.7. The standard InChI is InChI=1S/C28H29F6NO4/c1-4-6-7-8-18-9-12-22(25(13-18)39-28(32,33)34)24-14-19-10-11-21(15-23(19)35(24)3)37-16-20(27(29,30)31)17-38-26(36)5-2/h5,9-15,20H,2,4,6-8,16-17H2,1,3H3. The highest BCUT2D eigenvalue weighted by molar-refractivity contribution is 5.89. The van der Waals surface area contributed by atoms with Crippen molar-refractivity contribution in [2.24, 2.45) is 13.0 Å². The predicted octanol–water partition coefficient (Wildman–Crippen LogP) is 7.76. The lowest BCUT2D eigenvalue weighted by Gasteiger charge is -2.20. The van der Waals surface area contributed by atoms with Crippen molar-refractivity contribution in [3.63, 3.8) is 0 Å². The normalized spacial score (nSPS) is 12.8. The molecule has 0 bridgehead atoms. The Morgan fingerprint density at radius 1 is 1.03 bits per heavy atom. The van der Waals surface area contributed by atoms with Gasteiger partial charge in [0.1, 0.15) is 30.6 Å². The maximum Gasteiger partial charge on any atom is 0.573 e. The van der Waals surface area contributed by atoms with Crippen molar-refractivity contribution in [3.05, 3.63) is 60.7 Å². The van der Waals surface area contributed by atoms with Crippen LogP contribution in [-0.4, -0.2) is 36.3 Å². The molecule has 212 valence electrons. The molecule has 39 heavy (non-hydrogen) atoms. The molecule has 0 radical (unpaired) electrons. The molecule has 0 saturated carbocycles. The molecule has 0 fully saturated rings. The Morgan fingerprint density at radius 2 is 1.77 bits per heavy atom. The number of fused-ring (bicyclic) bond motifs is 1. The summed E-state index contributed by atoms with van der Waals surface area (Å²) in [4.78, 5) is 11.2. The van der Waals surface area contributed by atoms with Gasteiger partial charge >= 0.3 is 18.5 Å². The Morgan fingerprint density at radius 3 is 2.41 bits per heavy atom. The fraction of sp³-hybridized carbons (Fsp3) is 0.393. The second-order valence-corrected chi connectivity index (χ2v) is 9.03. The number of benzene rings is 2. The SMILES string of the molecule is C=CC(=O)OCC(COc1ccc2cc(-c3ccc(CCCCC)cc3OC(F)(F)F)n(C)c2c1)C(F)(F)F. The van der Waals surface area contributed by atoms with Gasteiger partial charge in [-0.1, -0.05) is 32.4 Å². The number of alkyl halides is 6. The fourth-order valence-electron chi connectivity index (χ4n) is 4.06. The molecule has 3 aromatic rings. The number of halogens is 6. The van der Waals surface area contributed by atoms with Crippen LogP contribution in [-0.2, 0) is 23.0 Å². The number of rotatable bonds is 12. The molecule has 3 rings (SSSR count). The number of carbonyl (C=O) groups is 1. The first-order chi connectivity index (χ1) is 18.3. The van der Waals surface area contributed by atoms with E-state index in [9.17, 15) is 31.1 Å². The molecule has 0 aliphatic rings. The number of ether oxygens (including phenoxy) is 3. The van der Waals surface area contributed by atoms with Crippen molar-refractivity contribution in [3.8, 4) is 22.8 Å². The van der Waals surface area contributed by atoms with Gasteiger partial charge in [-0.25, -0.2) is 4.79 Å². The minimum Gasteiger partial charge on any atom is -0.493 e. The summed E-state index contributed by atoms with van der Waals surface area (Å²) >= 11 is 0. The lowest BCUT2D eigenvalue weighted by Crippen LogP contribution is -2.33. The van der Waals surface area contributed by atoms with Gasteiger partial charge in [-0.15, -0.1) is 13.2 Å². The minimum absolute atomic E-state index is 0.109. The molecule has 0 saturated heterocycles. The molecular weight excluding hydrogens is 528 g/mol. The molecule has 0 spiro atoms. The highest BCUT2D eigenvalue weighted by Gasteiger charge is 2.41. The minimum atomic E-state index is -4.89. The molecular formula is C28H29F6NO4. The molecule has 5 nitrogen and oxygen atoms in total. The van der Waals surface area contributed by atoms with Gasteiger partial charge in [0.05, 0.1) is 11.2 Å². The first-order valence-electron chi connectivity index (χ1n) is 12.3. The molecule has 1 heterocycles. The van der Waals surface area contributed by atoms with Crippen LogP contribution in [0, 0.1) is 5.92 Å². The third-order valence-corrected chi connectivity index (χ3v) is 6.14. The smallest absolute Gasteiger partial charge is 0.493 e. The van der Waals surface area contributed by atoms with Gasteiger partial charge in [0.15, 0.2) is 0 Å². The van der Waals surface area contributed by atoms with E-state index < -0.39 is 37.6 Å². The van der Waals surface area contributed by atoms with Crippen molar-refractivity contribution in [2.75, 3.05) is 13.2 Å². The van der Waals surface area contributed by atoms with Crippen LogP contribution in [0.15, 0.2) is 55.1 Å². The Balaban J connectivity index is 1.89. The molecule has 2 aromatic carbocycles. The van der Waals surface area contributed by atoms with Crippen LogP contribution < -0.4 is 9.47 Å². The van der Waals surface area contributed by atoms with Gasteiger partial charge in [0.2, 0.25) is 0 Å². The Kier molecular flexibility index (Phi) is 9.58. The third kappa shape index (κ3) is 8.18. The van der Waals surface area contributed by atoms with Gasteiger partial charge in [-0.2, -0.15) is 13.2 Å². The van der Waals surface area contributed by atoms with Crippen molar-refractivity contribution in [2.45, 2.75) is 45.1 Å². The summed E-state index contributed by atoms with van der Waals surface area (Å²) in [5, 5.41) is 0.636. The van der Waals surface area contributed by atoms with Crippen molar-refractivity contribution < 1.29 is 45.3 Å². The zero-order valence-corrected chi connectivity index (χ0v) is 21.5. The maximum absolute atomic E-state index is 13.4. The molecule has 0 N–H and O–H groups in total. The Labute approximate surface area is 222 Å². The largest absolute Gasteiger partial charge is 0.573 e. The Hall–Kier alpha value is -3.63. The van der Waals surface area contributed by atoms with Crippen LogP contribution in [0.3, 0.4) is 0 Å². The first kappa shape index (κ1) is 29.9. The number of hydrogen-bond acceptors (Lipinski definition) is 4. The number of unbranched alkanes of at least 4 members (excludes halogenated alkanes) is 2. The average molecular weight is 558 g/mol. The van der Waals surface area contributed by atoms with E-state index in [1.807, 2.05) is 6.92 Å². The number of aryl methyl sites for hydroxylation is 2. The van der Waals surface area contributed by atoms with Gasteiger partial charge in [0, 0.05) is 30.1 Å². The second-order valence-electron chi connectivity index (χ2n) is 9.03. The first-order valence-corrected chi connectivity index (χ1v) is 12.3. The molecule has 1 unspecified atom stereocenters. The van der Waals surface area contributed by atoms with E-state index in [1.165, 1.54) is 18.2 Å². The summed E-state index contributed by atoms with van der Waals surface area (Å²) in [7, 11) is 1.63. The van der Waals surface area contributed by atoms with E-state index in [4.69, 9.17) is 4.74 Å². The summed E-state index contributed by atoms with van der Waals surface area (Å²) in [5.41, 5.74) is 1.88. The van der Waals surface area contributed by atoms with E-state index >= 15 is 0 Å². The fourth-order valence-corrected chi connectivity index (χ4v) is 4.06. The van der Waals surface area contributed by atoms with Crippen molar-refractivity contribution >= 4 is 16.9 Å². The monoisotopic (exact) mass is 557 g/mol. The topological polar surface area (TPSA) is 49.7 Å². The zero-order valence-electron chi connectivity index (χ0n) is 21.5. The summed E-state index contributed by atoms with van der Waals surface area (Å²) in [6.45, 7) is 3.44. The van der Waals surface area contributed by atoms with Crippen LogP contribution in [0.5, 0.6) is 11.5 Å². The summed E-state index contributed by atoms with van der Waals surface area (Å²) in [6, 6.07) is 10.9. The van der Waals surface area contributed by atoms with E-state index in [-0.39, 0.29) is 17.1 Å². The number of esters is 1. The number of carbonyl (C=O) groups excluding carboxylic acids is 1. The summed E-state index contributed by atoms with van der Waals surface area (Å²) in [6.07, 6.45) is -5.42. The number of nitrogens with zero attached hydrogens (tertiary/aromatic N) is 1. The molecule has 11 heteroatoms. The summed E-state index contributed by atoms with van der Waals surface area (Å²) in [5.74, 6) is -3.28. The molecule has 0 amide bonds. The Bertz CT molecular complexity index is 1300. The van der Waals surface area contributed by atoms with Crippen molar-refractivity contribution in [1.29, 1.82) is 0 Å². The van der Waals surface area contributed by atoms with E-state index in [0.29, 0.717) is 23.0 Å². The molecule has 0 aliphatic carbocycles. The number of aromatic nitrogens is 1. The van der Waals surface area contributed by atoms with Crippen LogP contribution in [0.25, 0.3) is 22.2 Å². The van der Waals surface area contributed by atoms with Crippen LogP contribution in [0.2, 0.25) is 0 Å². The highest BCUT2D eigenvalue weighted by atomic mass is 19.4. The lowest BCUT2D eigenvalue weighted by atomic mass is 10.0.